The molecule has 0 aromatic rings. The van der Waals surface area contributed by atoms with Crippen molar-refractivity contribution in [1.29, 1.82) is 0 Å². The molecule has 1 N–H and O–H groups in total. The number of cyclic esters (lactones) is 1. The Bertz CT molecular complexity index is 150. The summed E-state index contributed by atoms with van der Waals surface area (Å²) in [6, 6.07) is 0. The molecule has 1 saturated heterocycles. The second-order valence-corrected chi connectivity index (χ2v) is 2.99. The zero-order valence-corrected chi connectivity index (χ0v) is 7.51. The van der Waals surface area contributed by atoms with Crippen LogP contribution in [0.1, 0.15) is 12.8 Å². The number of nitrogens with one attached hydrogen (secondary N) is 1. The van der Waals surface area contributed by atoms with Crippen molar-refractivity contribution in [3.05, 3.63) is 0 Å². The molecule has 1 rings (SSSR count). The Balaban J connectivity index is 2.31. The zero-order chi connectivity index (χ0) is 8.81. The molecule has 4 heteroatoms. The molecular formula is C8H16N2O2. The van der Waals surface area contributed by atoms with Crippen LogP contribution in [0.2, 0.25) is 0 Å². The normalized spacial score (nSPS) is 21.8. The molecule has 1 aliphatic rings. The summed E-state index contributed by atoms with van der Waals surface area (Å²) >= 11 is 0. The van der Waals surface area contributed by atoms with Gasteiger partial charge in [0.15, 0.2) is 0 Å². The second kappa shape index (κ2) is 4.98. The minimum atomic E-state index is -0.210. The van der Waals surface area contributed by atoms with Crippen LogP contribution in [-0.4, -0.2) is 44.3 Å². The van der Waals surface area contributed by atoms with Crippen LogP contribution in [0.3, 0.4) is 0 Å². The van der Waals surface area contributed by atoms with Gasteiger partial charge in [0.2, 0.25) is 0 Å². The van der Waals surface area contributed by atoms with Crippen molar-refractivity contribution in [3.63, 3.8) is 0 Å². The number of carbonyl (C=O) groups excluding carboxylic acids is 1. The summed E-state index contributed by atoms with van der Waals surface area (Å²) in [4.78, 5) is 12.7. The quantitative estimate of drug-likeness (QED) is 0.576. The highest BCUT2D eigenvalue weighted by Gasteiger charge is 2.09. The molecule has 0 radical (unpaired) electrons. The van der Waals surface area contributed by atoms with Gasteiger partial charge in [0.25, 0.3) is 0 Å². The highest BCUT2D eigenvalue weighted by Crippen LogP contribution is 1.96. The van der Waals surface area contributed by atoms with Crippen LogP contribution in [0.15, 0.2) is 0 Å². The van der Waals surface area contributed by atoms with E-state index in [1.165, 1.54) is 0 Å². The minimum Gasteiger partial charge on any atom is -0.448 e. The smallest absolute Gasteiger partial charge is 0.409 e. The van der Waals surface area contributed by atoms with Gasteiger partial charge in [-0.2, -0.15) is 0 Å². The van der Waals surface area contributed by atoms with Crippen LogP contribution >= 0.6 is 0 Å². The summed E-state index contributed by atoms with van der Waals surface area (Å²) in [5, 5.41) is 3.19. The van der Waals surface area contributed by atoms with Crippen LogP contribution < -0.4 is 5.32 Å². The first-order valence-electron chi connectivity index (χ1n) is 4.39. The van der Waals surface area contributed by atoms with Gasteiger partial charge in [0.1, 0.15) is 6.61 Å². The summed E-state index contributed by atoms with van der Waals surface area (Å²) in [5.41, 5.74) is 0. The maximum absolute atomic E-state index is 11.1. The molecule has 12 heavy (non-hydrogen) atoms. The third-order valence-corrected chi connectivity index (χ3v) is 1.91. The molecule has 1 fully saturated rings. The van der Waals surface area contributed by atoms with Crippen molar-refractivity contribution in [2.24, 2.45) is 0 Å². The van der Waals surface area contributed by atoms with Crippen LogP contribution in [0.25, 0.3) is 0 Å². The van der Waals surface area contributed by atoms with Crippen molar-refractivity contribution < 1.29 is 9.53 Å². The van der Waals surface area contributed by atoms with E-state index in [9.17, 15) is 4.79 Å². The second-order valence-electron chi connectivity index (χ2n) is 2.99. The monoisotopic (exact) mass is 172 g/mol. The Morgan fingerprint density at radius 3 is 3.08 bits per heavy atom. The lowest BCUT2D eigenvalue weighted by Crippen LogP contribution is -2.33. The number of amides is 1. The zero-order valence-electron chi connectivity index (χ0n) is 7.51. The molecule has 0 aromatic heterocycles. The number of hydrogen-bond donors (Lipinski definition) is 1. The Labute approximate surface area is 72.9 Å². The highest BCUT2D eigenvalue weighted by molar-refractivity contribution is 5.67. The SMILES string of the molecule is CN1CCCCNCCOC1=O. The molecule has 1 aliphatic heterocycles. The molecule has 0 aromatic carbocycles. The number of carbonyl (C=O) groups is 1. The van der Waals surface area contributed by atoms with Crippen molar-refractivity contribution >= 4 is 6.09 Å². The first-order valence-corrected chi connectivity index (χ1v) is 4.39. The predicted molar refractivity (Wildman–Crippen MR) is 46.1 cm³/mol. The van der Waals surface area contributed by atoms with Crippen LogP contribution in [0.5, 0.6) is 0 Å². The van der Waals surface area contributed by atoms with E-state index in [2.05, 4.69) is 5.32 Å². The van der Waals surface area contributed by atoms with Gasteiger partial charge in [0.05, 0.1) is 0 Å². The lowest BCUT2D eigenvalue weighted by Gasteiger charge is -2.18. The van der Waals surface area contributed by atoms with E-state index in [1.807, 2.05) is 0 Å². The number of ether oxygens (including phenoxy) is 1. The molecule has 0 bridgehead atoms. The fourth-order valence-electron chi connectivity index (χ4n) is 1.14. The molecule has 4 nitrogen and oxygen atoms in total. The molecule has 0 unspecified atom stereocenters. The average molecular weight is 172 g/mol. The third-order valence-electron chi connectivity index (χ3n) is 1.91. The first kappa shape index (κ1) is 9.32. The van der Waals surface area contributed by atoms with E-state index in [4.69, 9.17) is 4.74 Å². The molecule has 0 atom stereocenters. The van der Waals surface area contributed by atoms with E-state index in [0.717, 1.165) is 32.5 Å². The van der Waals surface area contributed by atoms with Crippen molar-refractivity contribution in [2.45, 2.75) is 12.8 Å². The molecule has 0 aliphatic carbocycles. The van der Waals surface area contributed by atoms with Crippen molar-refractivity contribution in [3.8, 4) is 0 Å². The Hall–Kier alpha value is -0.770. The highest BCUT2D eigenvalue weighted by atomic mass is 16.6. The number of hydrogen-bond acceptors (Lipinski definition) is 3. The van der Waals surface area contributed by atoms with Gasteiger partial charge in [-0.15, -0.1) is 0 Å². The van der Waals surface area contributed by atoms with E-state index < -0.39 is 0 Å². The van der Waals surface area contributed by atoms with E-state index >= 15 is 0 Å². The third kappa shape index (κ3) is 3.09. The fourth-order valence-corrected chi connectivity index (χ4v) is 1.14. The summed E-state index contributed by atoms with van der Waals surface area (Å²) in [7, 11) is 1.78. The Morgan fingerprint density at radius 1 is 1.42 bits per heavy atom. The maximum Gasteiger partial charge on any atom is 0.409 e. The Morgan fingerprint density at radius 2 is 2.25 bits per heavy atom. The molecule has 70 valence electrons. The van der Waals surface area contributed by atoms with E-state index in [-0.39, 0.29) is 6.09 Å². The van der Waals surface area contributed by atoms with Gasteiger partial charge < -0.3 is 15.0 Å². The summed E-state index contributed by atoms with van der Waals surface area (Å²) in [6.07, 6.45) is 1.95. The number of rotatable bonds is 0. The van der Waals surface area contributed by atoms with Gasteiger partial charge in [-0.25, -0.2) is 4.79 Å². The molecular weight excluding hydrogens is 156 g/mol. The van der Waals surface area contributed by atoms with Gasteiger partial charge in [-0.1, -0.05) is 0 Å². The Kier molecular flexibility index (Phi) is 3.87. The molecule has 0 saturated carbocycles. The van der Waals surface area contributed by atoms with E-state index in [0.29, 0.717) is 6.61 Å². The van der Waals surface area contributed by atoms with Gasteiger partial charge in [-0.3, -0.25) is 0 Å². The minimum absolute atomic E-state index is 0.210. The topological polar surface area (TPSA) is 41.6 Å². The van der Waals surface area contributed by atoms with Gasteiger partial charge in [-0.05, 0) is 19.4 Å². The van der Waals surface area contributed by atoms with Crippen molar-refractivity contribution in [1.82, 2.24) is 10.2 Å². The average Bonchev–Trinajstić information content (AvgIpc) is 2.08. The maximum atomic E-state index is 11.1. The number of nitrogens with zero attached hydrogens (tertiary/aromatic N) is 1. The lowest BCUT2D eigenvalue weighted by molar-refractivity contribution is 0.109. The summed E-state index contributed by atoms with van der Waals surface area (Å²) in [5.74, 6) is 0. The largest absolute Gasteiger partial charge is 0.448 e. The summed E-state index contributed by atoms with van der Waals surface area (Å²) < 4.78 is 4.96. The predicted octanol–water partition coefficient (Wildman–Crippen LogP) is 0.438. The van der Waals surface area contributed by atoms with Crippen LogP contribution in [-0.2, 0) is 4.74 Å². The van der Waals surface area contributed by atoms with Crippen LogP contribution in [0.4, 0.5) is 4.79 Å². The molecule has 1 amide bonds. The molecule has 0 spiro atoms. The standard InChI is InChI=1S/C8H16N2O2/c1-10-6-3-2-4-9-5-7-12-8(10)11/h9H,2-7H2,1H3. The lowest BCUT2D eigenvalue weighted by atomic mass is 10.3. The first-order chi connectivity index (χ1) is 5.80. The van der Waals surface area contributed by atoms with Gasteiger partial charge >= 0.3 is 6.09 Å². The van der Waals surface area contributed by atoms with Crippen molar-refractivity contribution in [2.75, 3.05) is 33.3 Å². The van der Waals surface area contributed by atoms with Crippen LogP contribution in [0, 0.1) is 0 Å². The van der Waals surface area contributed by atoms with Gasteiger partial charge in [0, 0.05) is 20.1 Å². The summed E-state index contributed by atoms with van der Waals surface area (Å²) in [6.45, 7) is 3.05. The van der Waals surface area contributed by atoms with E-state index in [1.54, 1.807) is 11.9 Å². The molecule has 1 heterocycles. The fraction of sp³-hybridized carbons (Fsp3) is 0.875.